The van der Waals surface area contributed by atoms with Crippen molar-refractivity contribution in [3.8, 4) is 0 Å². The molecule has 1 aliphatic heterocycles. The number of nitrogens with zero attached hydrogens (tertiary/aromatic N) is 1. The van der Waals surface area contributed by atoms with Crippen LogP contribution in [0.15, 0.2) is 54.6 Å². The highest BCUT2D eigenvalue weighted by atomic mass is 35.5. The van der Waals surface area contributed by atoms with Gasteiger partial charge in [0, 0.05) is 5.02 Å². The predicted octanol–water partition coefficient (Wildman–Crippen LogP) is 5.51. The molecule has 27 heavy (non-hydrogen) atoms. The summed E-state index contributed by atoms with van der Waals surface area (Å²) in [4.78, 5) is 27.3. The Hall–Kier alpha value is -2.33. The molecule has 1 fully saturated rings. The molecule has 5 heteroatoms. The van der Waals surface area contributed by atoms with Gasteiger partial charge >= 0.3 is 6.09 Å². The summed E-state index contributed by atoms with van der Waals surface area (Å²) in [7, 11) is 0. The third-order valence-corrected chi connectivity index (χ3v) is 5.20. The van der Waals surface area contributed by atoms with Crippen LogP contribution in [0.25, 0.3) is 0 Å². The molecule has 2 atom stereocenters. The fraction of sp³-hybridized carbons (Fsp3) is 0.364. The Labute approximate surface area is 165 Å². The van der Waals surface area contributed by atoms with Crippen molar-refractivity contribution in [3.05, 3.63) is 70.7 Å². The van der Waals surface area contributed by atoms with Gasteiger partial charge < -0.3 is 4.74 Å². The van der Waals surface area contributed by atoms with E-state index in [0.29, 0.717) is 11.4 Å². The van der Waals surface area contributed by atoms with Crippen molar-refractivity contribution < 1.29 is 14.3 Å². The number of carbonyl (C=O) groups excluding carboxylic acids is 2. The zero-order chi connectivity index (χ0) is 19.8. The summed E-state index contributed by atoms with van der Waals surface area (Å²) >= 11 is 6.04. The summed E-state index contributed by atoms with van der Waals surface area (Å²) in [6.07, 6.45) is -0.0462. The molecule has 3 rings (SSSR count). The molecule has 1 saturated heterocycles. The van der Waals surface area contributed by atoms with Crippen molar-refractivity contribution in [1.29, 1.82) is 0 Å². The normalized spacial score (nSPS) is 22.3. The Morgan fingerprint density at radius 2 is 1.70 bits per heavy atom. The van der Waals surface area contributed by atoms with Gasteiger partial charge in [-0.05, 0) is 50.5 Å². The van der Waals surface area contributed by atoms with E-state index in [2.05, 4.69) is 0 Å². The molecule has 0 radical (unpaired) electrons. The van der Waals surface area contributed by atoms with Gasteiger partial charge in [-0.15, -0.1) is 0 Å². The molecule has 2 amide bonds. The molecule has 4 nitrogen and oxygen atoms in total. The molecule has 0 unspecified atom stereocenters. The highest BCUT2D eigenvalue weighted by Crippen LogP contribution is 2.54. The van der Waals surface area contributed by atoms with E-state index in [-0.39, 0.29) is 5.91 Å². The summed E-state index contributed by atoms with van der Waals surface area (Å²) in [5.41, 5.74) is 0.276. The number of hydrogen-bond donors (Lipinski definition) is 0. The van der Waals surface area contributed by atoms with Gasteiger partial charge in [0.25, 0.3) is 0 Å². The van der Waals surface area contributed by atoms with Gasteiger partial charge in [-0.25, -0.2) is 9.69 Å². The Bertz CT molecular complexity index is 842. The minimum absolute atomic E-state index is 0.231. The lowest BCUT2D eigenvalue weighted by Gasteiger charge is -2.54. The number of ether oxygens (including phenoxy) is 1. The zero-order valence-electron chi connectivity index (χ0n) is 16.0. The maximum Gasteiger partial charge on any atom is 0.417 e. The molecule has 142 valence electrons. The van der Waals surface area contributed by atoms with Crippen LogP contribution in [0.5, 0.6) is 0 Å². The molecule has 1 aliphatic rings. The quantitative estimate of drug-likeness (QED) is 0.655. The van der Waals surface area contributed by atoms with Crippen molar-refractivity contribution in [2.24, 2.45) is 0 Å². The van der Waals surface area contributed by atoms with E-state index in [1.807, 2.05) is 49.4 Å². The molecule has 0 N–H and O–H groups in total. The third kappa shape index (κ3) is 3.34. The molecule has 2 aromatic carbocycles. The van der Waals surface area contributed by atoms with Crippen molar-refractivity contribution in [2.75, 3.05) is 0 Å². The molecule has 1 heterocycles. The molecule has 0 bridgehead atoms. The molecule has 0 aliphatic carbocycles. The number of β-lactam (4-membered cyclic amide) rings is 1. The SMILES string of the molecule is CC[C@@]1(c2ccccc2)C(=O)N(C(=O)OC(C)(C)C)[C@@H]1c1ccc(Cl)cc1. The second-order valence-electron chi connectivity index (χ2n) is 7.80. The van der Waals surface area contributed by atoms with E-state index in [1.54, 1.807) is 32.9 Å². The highest BCUT2D eigenvalue weighted by Gasteiger charge is 2.64. The average Bonchev–Trinajstić information content (AvgIpc) is 2.61. The molecule has 0 saturated carbocycles. The lowest BCUT2D eigenvalue weighted by Crippen LogP contribution is -2.68. The van der Waals surface area contributed by atoms with Crippen molar-refractivity contribution >= 4 is 23.6 Å². The predicted molar refractivity (Wildman–Crippen MR) is 106 cm³/mol. The number of rotatable bonds is 3. The molecule has 0 spiro atoms. The van der Waals surface area contributed by atoms with E-state index in [1.165, 1.54) is 4.90 Å². The molecular weight excluding hydrogens is 362 g/mol. The van der Waals surface area contributed by atoms with Crippen LogP contribution in [0, 0.1) is 0 Å². The number of benzene rings is 2. The van der Waals surface area contributed by atoms with Crippen LogP contribution < -0.4 is 0 Å². The molecule has 0 aromatic heterocycles. The van der Waals surface area contributed by atoms with Gasteiger partial charge in [0.2, 0.25) is 5.91 Å². The maximum absolute atomic E-state index is 13.3. The number of amides is 2. The topological polar surface area (TPSA) is 46.6 Å². The maximum atomic E-state index is 13.3. The van der Waals surface area contributed by atoms with Crippen LogP contribution >= 0.6 is 11.6 Å². The smallest absolute Gasteiger partial charge is 0.417 e. The largest absolute Gasteiger partial charge is 0.443 e. The summed E-state index contributed by atoms with van der Waals surface area (Å²) in [6.45, 7) is 7.34. The number of imide groups is 1. The van der Waals surface area contributed by atoms with E-state index in [4.69, 9.17) is 16.3 Å². The van der Waals surface area contributed by atoms with Crippen LogP contribution in [-0.4, -0.2) is 22.5 Å². The Morgan fingerprint density at radius 3 is 2.22 bits per heavy atom. The number of halogens is 1. The third-order valence-electron chi connectivity index (χ3n) is 4.95. The second-order valence-corrected chi connectivity index (χ2v) is 8.24. The van der Waals surface area contributed by atoms with Gasteiger partial charge in [-0.2, -0.15) is 0 Å². The van der Waals surface area contributed by atoms with Gasteiger partial charge in [-0.1, -0.05) is 61.0 Å². The van der Waals surface area contributed by atoms with E-state index in [9.17, 15) is 9.59 Å². The first-order chi connectivity index (χ1) is 12.7. The van der Waals surface area contributed by atoms with E-state index in [0.717, 1.165) is 11.1 Å². The minimum atomic E-state index is -0.800. The van der Waals surface area contributed by atoms with Crippen LogP contribution in [0.2, 0.25) is 5.02 Å². The standard InChI is InChI=1S/C22H24ClNO3/c1-5-22(16-9-7-6-8-10-16)18(15-11-13-17(23)14-12-15)24(19(22)25)20(26)27-21(2,3)4/h6-14,18H,5H2,1-4H3/t18-,22+/m1/s1. The highest BCUT2D eigenvalue weighted by molar-refractivity contribution is 6.30. The number of carbonyl (C=O) groups is 2. The Balaban J connectivity index is 2.09. The van der Waals surface area contributed by atoms with Crippen molar-refractivity contribution in [2.45, 2.75) is 51.2 Å². The van der Waals surface area contributed by atoms with Crippen LogP contribution in [0.1, 0.15) is 51.3 Å². The summed E-state index contributed by atoms with van der Waals surface area (Å²) in [5.74, 6) is -0.231. The van der Waals surface area contributed by atoms with Crippen molar-refractivity contribution in [1.82, 2.24) is 4.90 Å². The molecule has 2 aromatic rings. The average molecular weight is 386 g/mol. The monoisotopic (exact) mass is 385 g/mol. The molecular formula is C22H24ClNO3. The van der Waals surface area contributed by atoms with Gasteiger partial charge in [0.1, 0.15) is 5.60 Å². The Kier molecular flexibility index (Phi) is 5.04. The summed E-state index contributed by atoms with van der Waals surface area (Å²) < 4.78 is 5.50. The lowest BCUT2D eigenvalue weighted by molar-refractivity contribution is -0.159. The number of hydrogen-bond acceptors (Lipinski definition) is 3. The van der Waals surface area contributed by atoms with Crippen LogP contribution in [0.4, 0.5) is 4.79 Å². The van der Waals surface area contributed by atoms with Gasteiger partial charge in [0.15, 0.2) is 0 Å². The first-order valence-corrected chi connectivity index (χ1v) is 9.46. The lowest BCUT2D eigenvalue weighted by atomic mass is 9.62. The van der Waals surface area contributed by atoms with Crippen LogP contribution in [0.3, 0.4) is 0 Å². The summed E-state index contributed by atoms with van der Waals surface area (Å²) in [5, 5.41) is 0.607. The number of likely N-dealkylation sites (tertiary alicyclic amines) is 1. The fourth-order valence-corrected chi connectivity index (χ4v) is 3.87. The first kappa shape index (κ1) is 19.4. The minimum Gasteiger partial charge on any atom is -0.443 e. The Morgan fingerprint density at radius 1 is 1.11 bits per heavy atom. The first-order valence-electron chi connectivity index (χ1n) is 9.08. The summed E-state index contributed by atoms with van der Waals surface area (Å²) in [6, 6.07) is 16.5. The van der Waals surface area contributed by atoms with E-state index < -0.39 is 23.2 Å². The van der Waals surface area contributed by atoms with E-state index >= 15 is 0 Å². The zero-order valence-corrected chi connectivity index (χ0v) is 16.8. The van der Waals surface area contributed by atoms with Crippen LogP contribution in [-0.2, 0) is 14.9 Å². The second kappa shape index (κ2) is 7.01. The van der Waals surface area contributed by atoms with Crippen molar-refractivity contribution in [3.63, 3.8) is 0 Å². The van der Waals surface area contributed by atoms with Gasteiger partial charge in [-0.3, -0.25) is 4.79 Å². The fourth-order valence-electron chi connectivity index (χ4n) is 3.75. The van der Waals surface area contributed by atoms with Gasteiger partial charge in [0.05, 0.1) is 11.5 Å².